The predicted molar refractivity (Wildman–Crippen MR) is 77.8 cm³/mol. The van der Waals surface area contributed by atoms with Crippen LogP contribution in [0, 0.1) is 6.92 Å². The molecule has 0 saturated carbocycles. The molecule has 2 N–H and O–H groups in total. The minimum Gasteiger partial charge on any atom is -0.389 e. The van der Waals surface area contributed by atoms with Crippen LogP contribution in [0.2, 0.25) is 0 Å². The number of hydrogen-bond acceptors (Lipinski definition) is 5. The van der Waals surface area contributed by atoms with E-state index >= 15 is 0 Å². The van der Waals surface area contributed by atoms with Crippen LogP contribution >= 0.6 is 12.2 Å². The van der Waals surface area contributed by atoms with Crippen LogP contribution in [0.25, 0.3) is 0 Å². The lowest BCUT2D eigenvalue weighted by Gasteiger charge is -2.20. The largest absolute Gasteiger partial charge is 0.389 e. The summed E-state index contributed by atoms with van der Waals surface area (Å²) >= 11 is 4.96. The molecule has 0 unspecified atom stereocenters. The molecule has 0 amide bonds. The van der Waals surface area contributed by atoms with Crippen molar-refractivity contribution in [2.75, 3.05) is 30.5 Å². The molecule has 0 fully saturated rings. The number of hydrogen-bond donors (Lipinski definition) is 1. The Balaban J connectivity index is 3.00. The van der Waals surface area contributed by atoms with Gasteiger partial charge in [0, 0.05) is 25.5 Å². The maximum Gasteiger partial charge on any atom is 0.149 e. The number of aromatic nitrogens is 1. The van der Waals surface area contributed by atoms with Gasteiger partial charge >= 0.3 is 0 Å². The molecule has 0 radical (unpaired) electrons. The summed E-state index contributed by atoms with van der Waals surface area (Å²) in [5, 5.41) is 0. The molecule has 1 rings (SSSR count). The molecule has 5 nitrogen and oxygen atoms in total. The second-order valence-electron chi connectivity index (χ2n) is 4.24. The van der Waals surface area contributed by atoms with E-state index in [1.165, 1.54) is 6.26 Å². The third-order valence-electron chi connectivity index (χ3n) is 2.44. The van der Waals surface area contributed by atoms with Gasteiger partial charge in [-0.25, -0.2) is 13.4 Å². The van der Waals surface area contributed by atoms with Crippen molar-refractivity contribution in [3.63, 3.8) is 0 Å². The molecule has 7 heteroatoms. The number of anilines is 1. The van der Waals surface area contributed by atoms with E-state index in [1.807, 2.05) is 13.0 Å². The van der Waals surface area contributed by atoms with Gasteiger partial charge in [-0.05, 0) is 19.1 Å². The number of nitrogens with two attached hydrogens (primary N) is 1. The van der Waals surface area contributed by atoms with Crippen molar-refractivity contribution in [2.24, 2.45) is 5.73 Å². The molecule has 0 saturated heterocycles. The molecule has 0 bridgehead atoms. The fourth-order valence-electron chi connectivity index (χ4n) is 1.43. The van der Waals surface area contributed by atoms with E-state index in [2.05, 4.69) is 4.98 Å². The van der Waals surface area contributed by atoms with Gasteiger partial charge in [-0.1, -0.05) is 12.2 Å². The zero-order valence-electron chi connectivity index (χ0n) is 10.7. The minimum absolute atomic E-state index is 0.0654. The van der Waals surface area contributed by atoms with Crippen molar-refractivity contribution < 1.29 is 8.42 Å². The Bertz CT molecular complexity index is 555. The van der Waals surface area contributed by atoms with Gasteiger partial charge in [-0.3, -0.25) is 0 Å². The van der Waals surface area contributed by atoms with Gasteiger partial charge in [0.05, 0.1) is 11.3 Å². The molecule has 18 heavy (non-hydrogen) atoms. The topological polar surface area (TPSA) is 76.3 Å². The van der Waals surface area contributed by atoms with Gasteiger partial charge < -0.3 is 10.6 Å². The maximum absolute atomic E-state index is 11.2. The Morgan fingerprint density at radius 1 is 1.50 bits per heavy atom. The molecule has 0 aliphatic carbocycles. The molecule has 100 valence electrons. The van der Waals surface area contributed by atoms with E-state index in [1.54, 1.807) is 18.0 Å². The van der Waals surface area contributed by atoms with Crippen LogP contribution < -0.4 is 10.6 Å². The van der Waals surface area contributed by atoms with Gasteiger partial charge in [0.1, 0.15) is 20.6 Å². The van der Waals surface area contributed by atoms with E-state index < -0.39 is 9.84 Å². The summed E-state index contributed by atoms with van der Waals surface area (Å²) in [5.41, 5.74) is 7.12. The lowest BCUT2D eigenvalue weighted by Crippen LogP contribution is -2.28. The number of aryl methyl sites for hydroxylation is 1. The van der Waals surface area contributed by atoms with Crippen molar-refractivity contribution in [1.29, 1.82) is 0 Å². The molecule has 0 spiro atoms. The van der Waals surface area contributed by atoms with Crippen LogP contribution in [0.4, 0.5) is 5.82 Å². The zero-order chi connectivity index (χ0) is 13.9. The molecule has 0 atom stereocenters. The fraction of sp³-hybridized carbons (Fsp3) is 0.455. The second-order valence-corrected chi connectivity index (χ2v) is 6.94. The van der Waals surface area contributed by atoms with Gasteiger partial charge in [0.15, 0.2) is 0 Å². The Morgan fingerprint density at radius 2 is 2.11 bits per heavy atom. The van der Waals surface area contributed by atoms with Crippen molar-refractivity contribution in [2.45, 2.75) is 6.92 Å². The molecule has 0 aromatic carbocycles. The molecule has 1 heterocycles. The summed E-state index contributed by atoms with van der Waals surface area (Å²) in [6.45, 7) is 2.21. The summed E-state index contributed by atoms with van der Waals surface area (Å²) in [4.78, 5) is 6.36. The quantitative estimate of drug-likeness (QED) is 0.795. The van der Waals surface area contributed by atoms with Crippen LogP contribution in [0.3, 0.4) is 0 Å². The normalized spacial score (nSPS) is 11.3. The lowest BCUT2D eigenvalue weighted by molar-refractivity contribution is 0.601. The highest BCUT2D eigenvalue weighted by atomic mass is 32.2. The average Bonchev–Trinajstić information content (AvgIpc) is 2.24. The molecular formula is C11H17N3O2S2. The smallest absolute Gasteiger partial charge is 0.149 e. The Labute approximate surface area is 113 Å². The van der Waals surface area contributed by atoms with Crippen LogP contribution in [-0.4, -0.2) is 44.0 Å². The van der Waals surface area contributed by atoms with Crippen LogP contribution in [-0.2, 0) is 9.84 Å². The van der Waals surface area contributed by atoms with E-state index in [4.69, 9.17) is 18.0 Å². The summed E-state index contributed by atoms with van der Waals surface area (Å²) in [6, 6.07) is 3.62. The fourth-order valence-corrected chi connectivity index (χ4v) is 2.20. The van der Waals surface area contributed by atoms with Crippen LogP contribution in [0.1, 0.15) is 11.3 Å². The first kappa shape index (κ1) is 14.8. The van der Waals surface area contributed by atoms with Crippen molar-refractivity contribution >= 4 is 32.9 Å². The van der Waals surface area contributed by atoms with E-state index in [-0.39, 0.29) is 10.7 Å². The highest BCUT2D eigenvalue weighted by Gasteiger charge is 2.13. The van der Waals surface area contributed by atoms with Gasteiger partial charge in [0.2, 0.25) is 0 Å². The zero-order valence-corrected chi connectivity index (χ0v) is 12.3. The summed E-state index contributed by atoms with van der Waals surface area (Å²) < 4.78 is 22.3. The predicted octanol–water partition coefficient (Wildman–Crippen LogP) is 0.505. The standard InChI is InChI=1S/C11H17N3O2S2/c1-8-4-5-9(10(12)17)11(13-8)14(2)6-7-18(3,15)16/h4-5H,6-7H2,1-3H3,(H2,12,17). The Hall–Kier alpha value is -1.21. The maximum atomic E-state index is 11.2. The highest BCUT2D eigenvalue weighted by Crippen LogP contribution is 2.17. The number of sulfone groups is 1. The number of pyridine rings is 1. The van der Waals surface area contributed by atoms with Crippen molar-refractivity contribution in [1.82, 2.24) is 4.98 Å². The van der Waals surface area contributed by atoms with Crippen LogP contribution in [0.5, 0.6) is 0 Å². The number of thiocarbonyl (C=S) groups is 1. The first-order valence-corrected chi connectivity index (χ1v) is 7.84. The number of nitrogens with zero attached hydrogens (tertiary/aromatic N) is 2. The molecule has 1 aromatic heterocycles. The minimum atomic E-state index is -3.00. The van der Waals surface area contributed by atoms with Crippen molar-refractivity contribution in [3.8, 4) is 0 Å². The summed E-state index contributed by atoms with van der Waals surface area (Å²) in [5.74, 6) is 0.682. The summed E-state index contributed by atoms with van der Waals surface area (Å²) in [6.07, 6.45) is 1.21. The molecule has 0 aliphatic rings. The SMILES string of the molecule is Cc1ccc(C(N)=S)c(N(C)CCS(C)(=O)=O)n1. The molecule has 1 aromatic rings. The monoisotopic (exact) mass is 287 g/mol. The second kappa shape index (κ2) is 5.62. The van der Waals surface area contributed by atoms with E-state index in [0.717, 1.165) is 5.69 Å². The third kappa shape index (κ3) is 4.23. The summed E-state index contributed by atoms with van der Waals surface area (Å²) in [7, 11) is -1.23. The lowest BCUT2D eigenvalue weighted by atomic mass is 10.2. The number of rotatable bonds is 5. The first-order chi connectivity index (χ1) is 8.20. The third-order valence-corrected chi connectivity index (χ3v) is 3.58. The first-order valence-electron chi connectivity index (χ1n) is 5.37. The van der Waals surface area contributed by atoms with Gasteiger partial charge in [-0.15, -0.1) is 0 Å². The Morgan fingerprint density at radius 3 is 2.61 bits per heavy atom. The molecular weight excluding hydrogens is 270 g/mol. The van der Waals surface area contributed by atoms with E-state index in [9.17, 15) is 8.42 Å². The van der Waals surface area contributed by atoms with Crippen LogP contribution in [0.15, 0.2) is 12.1 Å². The van der Waals surface area contributed by atoms with Gasteiger partial charge in [-0.2, -0.15) is 0 Å². The Kier molecular flexibility index (Phi) is 4.64. The van der Waals surface area contributed by atoms with E-state index in [0.29, 0.717) is 17.9 Å². The molecule has 0 aliphatic heterocycles. The van der Waals surface area contributed by atoms with Gasteiger partial charge in [0.25, 0.3) is 0 Å². The highest BCUT2D eigenvalue weighted by molar-refractivity contribution is 7.90. The average molecular weight is 287 g/mol. The van der Waals surface area contributed by atoms with Crippen molar-refractivity contribution in [3.05, 3.63) is 23.4 Å².